The van der Waals surface area contributed by atoms with E-state index < -0.39 is 23.7 Å². The number of anilines is 1. The van der Waals surface area contributed by atoms with Gasteiger partial charge in [-0.3, -0.25) is 4.79 Å². The maximum atomic E-state index is 12.8. The van der Waals surface area contributed by atoms with Gasteiger partial charge in [0.05, 0.1) is 11.1 Å². The van der Waals surface area contributed by atoms with Gasteiger partial charge in [-0.2, -0.15) is 18.2 Å². The summed E-state index contributed by atoms with van der Waals surface area (Å²) in [4.78, 5) is 19.3. The number of hydrogen-bond acceptors (Lipinski definition) is 6. The number of alkyl halides is 3. The molecule has 0 bridgehead atoms. The molecule has 0 fully saturated rings. The number of nitrogens with zero attached hydrogens (tertiary/aromatic N) is 3. The maximum absolute atomic E-state index is 12.8. The third kappa shape index (κ3) is 4.22. The lowest BCUT2D eigenvalue weighted by Gasteiger charge is -2.10. The molecule has 2 heterocycles. The van der Waals surface area contributed by atoms with Crippen LogP contribution in [-0.4, -0.2) is 27.1 Å². The highest BCUT2D eigenvalue weighted by Crippen LogP contribution is 2.32. The number of primary amides is 1. The third-order valence-electron chi connectivity index (χ3n) is 3.68. The Kier molecular flexibility index (Phi) is 4.80. The second-order valence-corrected chi connectivity index (χ2v) is 5.70. The number of aromatic nitrogens is 3. The fraction of sp³-hybridized carbons (Fsp3) is 0.176. The van der Waals surface area contributed by atoms with Crippen molar-refractivity contribution in [3.63, 3.8) is 0 Å². The number of pyridine rings is 1. The molecule has 0 saturated carbocycles. The Hall–Kier alpha value is -3.43. The van der Waals surface area contributed by atoms with Crippen molar-refractivity contribution in [2.45, 2.75) is 19.1 Å². The first-order valence-corrected chi connectivity index (χ1v) is 7.77. The Morgan fingerprint density at radius 2 is 2.00 bits per heavy atom. The van der Waals surface area contributed by atoms with Crippen LogP contribution in [0.25, 0.3) is 22.8 Å². The van der Waals surface area contributed by atoms with E-state index in [9.17, 15) is 18.0 Å². The molecule has 0 aliphatic carbocycles. The molecule has 0 unspecified atom stereocenters. The molecule has 27 heavy (non-hydrogen) atoms. The summed E-state index contributed by atoms with van der Waals surface area (Å²) >= 11 is 0. The Balaban J connectivity index is 1.81. The molecule has 0 aliphatic rings. The van der Waals surface area contributed by atoms with Gasteiger partial charge in [-0.15, -0.1) is 0 Å². The van der Waals surface area contributed by atoms with Gasteiger partial charge < -0.3 is 15.6 Å². The molecular formula is C17H14F3N5O2. The average Bonchev–Trinajstić information content (AvgIpc) is 3.12. The van der Waals surface area contributed by atoms with Gasteiger partial charge in [0, 0.05) is 11.8 Å². The van der Waals surface area contributed by atoms with E-state index in [0.29, 0.717) is 11.4 Å². The van der Waals surface area contributed by atoms with Crippen LogP contribution in [0.1, 0.15) is 12.5 Å². The highest BCUT2D eigenvalue weighted by Gasteiger charge is 2.30. The lowest BCUT2D eigenvalue weighted by Crippen LogP contribution is -2.32. The molecule has 3 N–H and O–H groups in total. The van der Waals surface area contributed by atoms with Gasteiger partial charge in [0.1, 0.15) is 11.9 Å². The van der Waals surface area contributed by atoms with Crippen molar-refractivity contribution < 1.29 is 22.5 Å². The molecule has 0 aliphatic heterocycles. The van der Waals surface area contributed by atoms with Crippen LogP contribution in [0.3, 0.4) is 0 Å². The third-order valence-corrected chi connectivity index (χ3v) is 3.68. The van der Waals surface area contributed by atoms with Crippen LogP contribution in [0.4, 0.5) is 19.0 Å². The van der Waals surface area contributed by atoms with E-state index in [1.165, 1.54) is 18.3 Å². The normalized spacial score (nSPS) is 12.6. The van der Waals surface area contributed by atoms with Crippen LogP contribution in [-0.2, 0) is 11.0 Å². The topological polar surface area (TPSA) is 107 Å². The van der Waals surface area contributed by atoms with Crippen LogP contribution < -0.4 is 11.1 Å². The zero-order valence-corrected chi connectivity index (χ0v) is 14.0. The van der Waals surface area contributed by atoms with Crippen molar-refractivity contribution in [3.8, 4) is 22.8 Å². The molecular weight excluding hydrogens is 363 g/mol. The summed E-state index contributed by atoms with van der Waals surface area (Å²) in [6.07, 6.45) is -3.03. The predicted octanol–water partition coefficient (Wildman–Crippen LogP) is 3.10. The number of nitrogens with one attached hydrogen (secondary N) is 1. The molecule has 1 aromatic carbocycles. The lowest BCUT2D eigenvalue weighted by molar-refractivity contribution is -0.137. The van der Waals surface area contributed by atoms with E-state index in [4.69, 9.17) is 10.3 Å². The van der Waals surface area contributed by atoms with Crippen molar-refractivity contribution in [1.82, 2.24) is 15.1 Å². The quantitative estimate of drug-likeness (QED) is 0.708. The minimum atomic E-state index is -4.46. The Morgan fingerprint density at radius 3 is 2.63 bits per heavy atom. The number of carbonyl (C=O) groups is 1. The first-order chi connectivity index (χ1) is 12.7. The molecule has 10 heteroatoms. The largest absolute Gasteiger partial charge is 0.416 e. The van der Waals surface area contributed by atoms with Gasteiger partial charge in [0.2, 0.25) is 11.7 Å². The second-order valence-electron chi connectivity index (χ2n) is 5.70. The number of halogens is 3. The molecule has 3 aromatic rings. The summed E-state index contributed by atoms with van der Waals surface area (Å²) in [6, 6.07) is 7.25. The minimum absolute atomic E-state index is 0.0284. The molecule has 1 atom stereocenters. The molecule has 1 amide bonds. The maximum Gasteiger partial charge on any atom is 0.416 e. The van der Waals surface area contributed by atoms with Gasteiger partial charge in [0.15, 0.2) is 0 Å². The van der Waals surface area contributed by atoms with Crippen LogP contribution in [0, 0.1) is 0 Å². The lowest BCUT2D eigenvalue weighted by atomic mass is 10.1. The summed E-state index contributed by atoms with van der Waals surface area (Å²) in [7, 11) is 0. The molecule has 140 valence electrons. The van der Waals surface area contributed by atoms with Crippen LogP contribution in [0.2, 0.25) is 0 Å². The Bertz CT molecular complexity index is 954. The smallest absolute Gasteiger partial charge is 0.368 e. The van der Waals surface area contributed by atoms with Crippen molar-refractivity contribution >= 4 is 11.7 Å². The van der Waals surface area contributed by atoms with Gasteiger partial charge in [-0.25, -0.2) is 4.98 Å². The summed E-state index contributed by atoms with van der Waals surface area (Å²) in [5.41, 5.74) is 5.02. The number of benzene rings is 1. The van der Waals surface area contributed by atoms with Crippen molar-refractivity contribution in [2.75, 3.05) is 5.32 Å². The molecule has 7 nitrogen and oxygen atoms in total. The highest BCUT2D eigenvalue weighted by atomic mass is 19.4. The number of nitrogens with two attached hydrogens (primary N) is 1. The van der Waals surface area contributed by atoms with Crippen LogP contribution >= 0.6 is 0 Å². The fourth-order valence-corrected chi connectivity index (χ4v) is 2.19. The summed E-state index contributed by atoms with van der Waals surface area (Å²) in [6.45, 7) is 1.59. The zero-order chi connectivity index (χ0) is 19.6. The van der Waals surface area contributed by atoms with Gasteiger partial charge in [0.25, 0.3) is 5.89 Å². The number of rotatable bonds is 5. The van der Waals surface area contributed by atoms with Crippen molar-refractivity contribution in [2.24, 2.45) is 5.73 Å². The highest BCUT2D eigenvalue weighted by molar-refractivity contribution is 5.82. The molecule has 0 saturated heterocycles. The SMILES string of the molecule is C[C@H](Nc1ccc(-c2nc(-c3cccc(C(F)(F)F)c3)no2)cn1)C(N)=O. The van der Waals surface area contributed by atoms with Crippen LogP contribution in [0.5, 0.6) is 0 Å². The van der Waals surface area contributed by atoms with E-state index >= 15 is 0 Å². The van der Waals surface area contributed by atoms with E-state index in [1.54, 1.807) is 19.1 Å². The minimum Gasteiger partial charge on any atom is -0.368 e. The van der Waals surface area contributed by atoms with Gasteiger partial charge in [-0.1, -0.05) is 17.3 Å². The summed E-state index contributed by atoms with van der Waals surface area (Å²) < 4.78 is 43.6. The number of amides is 1. The number of hydrogen-bond donors (Lipinski definition) is 2. The zero-order valence-electron chi connectivity index (χ0n) is 14.0. The van der Waals surface area contributed by atoms with Gasteiger partial charge >= 0.3 is 6.18 Å². The average molecular weight is 377 g/mol. The van der Waals surface area contributed by atoms with Gasteiger partial charge in [-0.05, 0) is 31.2 Å². The Morgan fingerprint density at radius 1 is 1.22 bits per heavy atom. The van der Waals surface area contributed by atoms with E-state index in [0.717, 1.165) is 12.1 Å². The first-order valence-electron chi connectivity index (χ1n) is 7.77. The van der Waals surface area contributed by atoms with E-state index in [1.807, 2.05) is 0 Å². The molecule has 2 aromatic heterocycles. The Labute approximate surface area is 151 Å². The van der Waals surface area contributed by atoms with Crippen molar-refractivity contribution in [1.29, 1.82) is 0 Å². The molecule has 0 radical (unpaired) electrons. The monoisotopic (exact) mass is 377 g/mol. The fourth-order valence-electron chi connectivity index (χ4n) is 2.19. The van der Waals surface area contributed by atoms with E-state index in [-0.39, 0.29) is 17.3 Å². The second kappa shape index (κ2) is 7.06. The molecule has 0 spiro atoms. The standard InChI is InChI=1S/C17H14F3N5O2/c1-9(14(21)26)23-13-6-5-11(8-22-13)16-24-15(25-27-16)10-3-2-4-12(7-10)17(18,19)20/h2-9H,1H3,(H2,21,26)(H,22,23)/t9-/m0/s1. The molecule has 3 rings (SSSR count). The van der Waals surface area contributed by atoms with E-state index in [2.05, 4.69) is 20.4 Å². The summed E-state index contributed by atoms with van der Waals surface area (Å²) in [5.74, 6) is 0.0243. The van der Waals surface area contributed by atoms with Crippen molar-refractivity contribution in [3.05, 3.63) is 48.2 Å². The van der Waals surface area contributed by atoms with Crippen LogP contribution in [0.15, 0.2) is 47.1 Å². The number of carbonyl (C=O) groups excluding carboxylic acids is 1. The first kappa shape index (κ1) is 18.4. The summed E-state index contributed by atoms with van der Waals surface area (Å²) in [5, 5.41) is 6.53. The predicted molar refractivity (Wildman–Crippen MR) is 90.2 cm³/mol.